The number of hydrogen-bond donors (Lipinski definition) is 2. The third kappa shape index (κ3) is 163. The van der Waals surface area contributed by atoms with Crippen molar-refractivity contribution in [1.82, 2.24) is 0 Å². The fourth-order valence-electron chi connectivity index (χ4n) is 0. The van der Waals surface area contributed by atoms with Gasteiger partial charge in [-0.25, -0.2) is 4.79 Å². The van der Waals surface area contributed by atoms with Crippen LogP contribution in [0.15, 0.2) is 0 Å². The largest absolute Gasteiger partial charge is 2.00 e. The van der Waals surface area contributed by atoms with E-state index in [9.17, 15) is 0 Å². The molecular weight excluding hydrogens is 199 g/mol. The van der Waals surface area contributed by atoms with E-state index >= 15 is 0 Å². The van der Waals surface area contributed by atoms with Crippen molar-refractivity contribution in [2.24, 2.45) is 0 Å². The minimum absolute atomic E-state index is 0. The maximum absolute atomic E-state index is 8.56. The van der Waals surface area contributed by atoms with E-state index in [2.05, 4.69) is 0 Å². The molecule has 0 fully saturated rings. The predicted molar refractivity (Wildman–Crippen MR) is 18.6 cm³/mol. The first-order chi connectivity index (χ1) is 1.73. The zero-order valence-corrected chi connectivity index (χ0v) is 6.69. The van der Waals surface area contributed by atoms with Crippen molar-refractivity contribution in [3.63, 3.8) is 0 Å². The molecule has 0 atom stereocenters. The standard InChI is InChI=1S/CH2O3.Fe.Mg.Ni.2H/c2-1(3)4;;;;;/h(H2,2,3,4);;;;;/q;;+2;;2*-1. The first-order valence-corrected chi connectivity index (χ1v) is 0.651. The summed E-state index contributed by atoms with van der Waals surface area (Å²) in [6.45, 7) is 0. The fraction of sp³-hybridized carbons (Fsp3) is 0. The van der Waals surface area contributed by atoms with Crippen LogP contribution in [0.2, 0.25) is 0 Å². The Labute approximate surface area is 80.4 Å². The van der Waals surface area contributed by atoms with Gasteiger partial charge in [0, 0.05) is 33.6 Å². The molecule has 0 aromatic rings. The monoisotopic (exact) mass is 202 g/mol. The van der Waals surface area contributed by atoms with E-state index < -0.39 is 6.16 Å². The molecule has 0 saturated carbocycles. The van der Waals surface area contributed by atoms with Gasteiger partial charge < -0.3 is 13.1 Å². The molecule has 0 spiro atoms. The molecule has 0 amide bonds. The average Bonchev–Trinajstić information content (AvgIpc) is 0.811. The van der Waals surface area contributed by atoms with E-state index in [0.29, 0.717) is 0 Å². The maximum Gasteiger partial charge on any atom is 2.00 e. The van der Waals surface area contributed by atoms with Gasteiger partial charge >= 0.3 is 29.2 Å². The van der Waals surface area contributed by atoms with Gasteiger partial charge in [-0.15, -0.1) is 0 Å². The molecule has 2 N–H and O–H groups in total. The van der Waals surface area contributed by atoms with Gasteiger partial charge in [0.2, 0.25) is 0 Å². The first kappa shape index (κ1) is 24.4. The summed E-state index contributed by atoms with van der Waals surface area (Å²) >= 11 is 0. The third-order valence-corrected chi connectivity index (χ3v) is 0. The van der Waals surface area contributed by atoms with E-state index in [4.69, 9.17) is 15.0 Å². The molecule has 0 aliphatic carbocycles. The molecule has 6 heteroatoms. The van der Waals surface area contributed by atoms with Crippen molar-refractivity contribution in [1.29, 1.82) is 0 Å². The predicted octanol–water partition coefficient (Wildman–Crippen LogP) is 0.0616. The first-order valence-electron chi connectivity index (χ1n) is 0.651. The van der Waals surface area contributed by atoms with Gasteiger partial charge in [-0.05, 0) is 0 Å². The van der Waals surface area contributed by atoms with Crippen LogP contribution >= 0.6 is 0 Å². The minimum Gasteiger partial charge on any atom is -1.00 e. The average molecular weight is 203 g/mol. The molecular formula is CH4FeMgNiO3. The Balaban J connectivity index is -0.00000000450. The van der Waals surface area contributed by atoms with E-state index in [1.807, 2.05) is 0 Å². The van der Waals surface area contributed by atoms with Gasteiger partial charge in [-0.1, -0.05) is 0 Å². The number of rotatable bonds is 0. The van der Waals surface area contributed by atoms with E-state index in [-0.39, 0.29) is 59.5 Å². The van der Waals surface area contributed by atoms with Gasteiger partial charge in [-0.2, -0.15) is 0 Å². The van der Waals surface area contributed by atoms with Crippen LogP contribution in [-0.2, 0) is 33.6 Å². The normalized spacial score (nSPS) is 3.43. The van der Waals surface area contributed by atoms with Crippen molar-refractivity contribution >= 4 is 29.2 Å². The Kier molecular flexibility index (Phi) is 54.8. The summed E-state index contributed by atoms with van der Waals surface area (Å²) in [6.07, 6.45) is -1.83. The summed E-state index contributed by atoms with van der Waals surface area (Å²) in [5, 5.41) is 13.9. The van der Waals surface area contributed by atoms with Crippen LogP contribution in [0, 0.1) is 0 Å². The molecule has 0 rings (SSSR count). The van der Waals surface area contributed by atoms with Gasteiger partial charge in [-0.3, -0.25) is 0 Å². The molecule has 0 radical (unpaired) electrons. The second-order valence-corrected chi connectivity index (χ2v) is 0.283. The molecule has 0 aliphatic heterocycles. The molecule has 3 nitrogen and oxygen atoms in total. The van der Waals surface area contributed by atoms with Crippen molar-refractivity contribution in [2.75, 3.05) is 0 Å². The van der Waals surface area contributed by atoms with Crippen molar-refractivity contribution < 1.29 is 51.4 Å². The second kappa shape index (κ2) is 15.7. The zero-order valence-electron chi connectivity index (χ0n) is 5.18. The van der Waals surface area contributed by atoms with Crippen LogP contribution in [0.25, 0.3) is 0 Å². The Morgan fingerprint density at radius 2 is 1.43 bits per heavy atom. The summed E-state index contributed by atoms with van der Waals surface area (Å²) in [6, 6.07) is 0. The van der Waals surface area contributed by atoms with Crippen molar-refractivity contribution in [3.05, 3.63) is 0 Å². The smallest absolute Gasteiger partial charge is 1.00 e. The molecule has 0 heterocycles. The zero-order chi connectivity index (χ0) is 3.58. The summed E-state index contributed by atoms with van der Waals surface area (Å²) in [5.41, 5.74) is 0. The molecule has 0 aromatic carbocycles. The van der Waals surface area contributed by atoms with Crippen LogP contribution in [-0.4, -0.2) is 39.4 Å². The van der Waals surface area contributed by atoms with Gasteiger partial charge in [0.15, 0.2) is 0 Å². The molecule has 0 aliphatic rings. The van der Waals surface area contributed by atoms with Gasteiger partial charge in [0.1, 0.15) is 0 Å². The van der Waals surface area contributed by atoms with Crippen LogP contribution in [0.1, 0.15) is 2.85 Å². The van der Waals surface area contributed by atoms with Gasteiger partial charge in [0.05, 0.1) is 0 Å². The topological polar surface area (TPSA) is 57.5 Å². The van der Waals surface area contributed by atoms with Crippen LogP contribution in [0.3, 0.4) is 0 Å². The minimum atomic E-state index is -1.83. The Bertz CT molecular complexity index is 44.8. The van der Waals surface area contributed by atoms with Crippen LogP contribution in [0.5, 0.6) is 0 Å². The molecule has 0 aromatic heterocycles. The van der Waals surface area contributed by atoms with E-state index in [0.717, 1.165) is 0 Å². The molecule has 0 unspecified atom stereocenters. The SMILES string of the molecule is O=C(O)O.[Fe].[H-].[H-].[Mg+2].[Ni]. The third-order valence-electron chi connectivity index (χ3n) is 0. The van der Waals surface area contributed by atoms with Crippen LogP contribution in [0.4, 0.5) is 4.79 Å². The van der Waals surface area contributed by atoms with E-state index in [1.165, 1.54) is 0 Å². The number of carboxylic acid groups (broad SMARTS) is 2. The summed E-state index contributed by atoms with van der Waals surface area (Å²) < 4.78 is 0. The van der Waals surface area contributed by atoms with Crippen molar-refractivity contribution in [2.45, 2.75) is 0 Å². The summed E-state index contributed by atoms with van der Waals surface area (Å²) in [4.78, 5) is 8.56. The number of carbonyl (C=O) groups is 1. The van der Waals surface area contributed by atoms with E-state index in [1.54, 1.807) is 0 Å². The maximum atomic E-state index is 8.56. The molecule has 0 bridgehead atoms. The Morgan fingerprint density at radius 3 is 1.43 bits per heavy atom. The summed E-state index contributed by atoms with van der Waals surface area (Å²) in [5.74, 6) is 0. The Morgan fingerprint density at radius 1 is 1.43 bits per heavy atom. The summed E-state index contributed by atoms with van der Waals surface area (Å²) in [7, 11) is 0. The fourth-order valence-corrected chi connectivity index (χ4v) is 0. The van der Waals surface area contributed by atoms with Crippen LogP contribution < -0.4 is 0 Å². The quantitative estimate of drug-likeness (QED) is 0.547. The van der Waals surface area contributed by atoms with Crippen molar-refractivity contribution in [3.8, 4) is 0 Å². The van der Waals surface area contributed by atoms with Gasteiger partial charge in [0.25, 0.3) is 0 Å². The number of hydrogen-bond acceptors (Lipinski definition) is 1. The molecule has 0 saturated heterocycles. The molecule has 46 valence electrons. The molecule has 7 heavy (non-hydrogen) atoms. The Hall–Kier alpha value is 1.05. The second-order valence-electron chi connectivity index (χ2n) is 0.283.